The second-order valence-corrected chi connectivity index (χ2v) is 6.51. The second-order valence-electron chi connectivity index (χ2n) is 6.10. The smallest absolute Gasteiger partial charge is 0.0490 e. The summed E-state index contributed by atoms with van der Waals surface area (Å²) in [5, 5.41) is 4.36. The highest BCUT2D eigenvalue weighted by Gasteiger charge is 2.10. The van der Waals surface area contributed by atoms with Gasteiger partial charge in [0.25, 0.3) is 0 Å². The fourth-order valence-electron chi connectivity index (χ4n) is 2.59. The van der Waals surface area contributed by atoms with Gasteiger partial charge in [0.05, 0.1) is 0 Å². The van der Waals surface area contributed by atoms with Gasteiger partial charge in [0, 0.05) is 29.5 Å². The van der Waals surface area contributed by atoms with Crippen LogP contribution in [0.1, 0.15) is 36.4 Å². The molecule has 3 heteroatoms. The van der Waals surface area contributed by atoms with E-state index in [1.54, 1.807) is 0 Å². The molecular formula is C18H25ClN2. The monoisotopic (exact) mass is 304 g/mol. The summed E-state index contributed by atoms with van der Waals surface area (Å²) in [6, 6.07) is 10.3. The first kappa shape index (κ1) is 16.1. The number of nitrogens with one attached hydrogen (secondary N) is 1. The van der Waals surface area contributed by atoms with Gasteiger partial charge >= 0.3 is 0 Å². The van der Waals surface area contributed by atoms with E-state index in [2.05, 4.69) is 49.7 Å². The Bertz CT molecular complexity index is 599. The fourth-order valence-corrected chi connectivity index (χ4v) is 2.78. The molecule has 2 nitrogen and oxygen atoms in total. The zero-order valence-electron chi connectivity index (χ0n) is 13.4. The van der Waals surface area contributed by atoms with Crippen LogP contribution in [0.3, 0.4) is 0 Å². The van der Waals surface area contributed by atoms with Crippen LogP contribution in [0, 0.1) is 19.8 Å². The van der Waals surface area contributed by atoms with E-state index in [4.69, 9.17) is 11.6 Å². The van der Waals surface area contributed by atoms with Crippen LogP contribution in [0.25, 0.3) is 0 Å². The summed E-state index contributed by atoms with van der Waals surface area (Å²) in [4.78, 5) is 0. The summed E-state index contributed by atoms with van der Waals surface area (Å²) >= 11 is 6.28. The highest BCUT2D eigenvalue weighted by Crippen LogP contribution is 2.21. The minimum atomic E-state index is 0.677. The molecule has 0 saturated carbocycles. The van der Waals surface area contributed by atoms with Crippen LogP contribution in [0.15, 0.2) is 30.3 Å². The van der Waals surface area contributed by atoms with E-state index in [0.29, 0.717) is 5.92 Å². The van der Waals surface area contributed by atoms with Gasteiger partial charge in [-0.05, 0) is 49.6 Å². The summed E-state index contributed by atoms with van der Waals surface area (Å²) in [7, 11) is 0. The zero-order valence-corrected chi connectivity index (χ0v) is 14.2. The normalized spacial score (nSPS) is 11.3. The minimum absolute atomic E-state index is 0.677. The van der Waals surface area contributed by atoms with Crippen LogP contribution in [0.5, 0.6) is 0 Å². The molecule has 0 aliphatic carbocycles. The Morgan fingerprint density at radius 2 is 1.86 bits per heavy atom. The molecule has 0 radical (unpaired) electrons. The van der Waals surface area contributed by atoms with E-state index in [1.165, 1.54) is 22.5 Å². The van der Waals surface area contributed by atoms with Crippen LogP contribution in [-0.4, -0.2) is 11.1 Å². The van der Waals surface area contributed by atoms with E-state index in [9.17, 15) is 0 Å². The first-order valence-electron chi connectivity index (χ1n) is 7.58. The number of hydrogen-bond donors (Lipinski definition) is 1. The Labute approximate surface area is 133 Å². The van der Waals surface area contributed by atoms with Gasteiger partial charge in [-0.2, -0.15) is 0 Å². The molecule has 0 atom stereocenters. The number of halogens is 1. The molecule has 0 bridgehead atoms. The summed E-state index contributed by atoms with van der Waals surface area (Å²) in [5.74, 6) is 0.677. The molecule has 1 N–H and O–H groups in total. The van der Waals surface area contributed by atoms with Gasteiger partial charge in [-0.3, -0.25) is 0 Å². The molecule has 0 aliphatic heterocycles. The molecule has 114 valence electrons. The van der Waals surface area contributed by atoms with Gasteiger partial charge in [-0.25, -0.2) is 0 Å². The van der Waals surface area contributed by atoms with Crippen molar-refractivity contribution in [1.82, 2.24) is 9.88 Å². The van der Waals surface area contributed by atoms with Crippen molar-refractivity contribution in [3.63, 3.8) is 0 Å². The molecule has 1 aromatic carbocycles. The van der Waals surface area contributed by atoms with Crippen molar-refractivity contribution in [1.29, 1.82) is 0 Å². The van der Waals surface area contributed by atoms with Crippen LogP contribution in [0.2, 0.25) is 5.02 Å². The fraction of sp³-hybridized carbons (Fsp3) is 0.444. The first-order valence-corrected chi connectivity index (χ1v) is 7.96. The molecule has 0 saturated heterocycles. The molecule has 0 fully saturated rings. The molecular weight excluding hydrogens is 280 g/mol. The third-order valence-corrected chi connectivity index (χ3v) is 4.20. The quantitative estimate of drug-likeness (QED) is 0.828. The summed E-state index contributed by atoms with van der Waals surface area (Å²) in [6.45, 7) is 11.6. The maximum atomic E-state index is 6.28. The topological polar surface area (TPSA) is 17.0 Å². The number of rotatable bonds is 6. The van der Waals surface area contributed by atoms with E-state index in [-0.39, 0.29) is 0 Å². The lowest BCUT2D eigenvalue weighted by Crippen LogP contribution is -2.19. The van der Waals surface area contributed by atoms with Gasteiger partial charge in [-0.1, -0.05) is 43.6 Å². The average molecular weight is 305 g/mol. The van der Waals surface area contributed by atoms with Gasteiger partial charge in [0.15, 0.2) is 0 Å². The maximum absolute atomic E-state index is 6.28. The molecule has 0 unspecified atom stereocenters. The van der Waals surface area contributed by atoms with Crippen molar-refractivity contribution in [2.45, 2.75) is 40.8 Å². The average Bonchev–Trinajstić information content (AvgIpc) is 2.68. The van der Waals surface area contributed by atoms with E-state index in [1.807, 2.05) is 18.2 Å². The lowest BCUT2D eigenvalue weighted by molar-refractivity contribution is 0.551. The van der Waals surface area contributed by atoms with Gasteiger partial charge < -0.3 is 9.88 Å². The predicted molar refractivity (Wildman–Crippen MR) is 91.0 cm³/mol. The molecule has 0 amide bonds. The first-order chi connectivity index (χ1) is 9.99. The molecule has 2 aromatic rings. The van der Waals surface area contributed by atoms with Crippen molar-refractivity contribution < 1.29 is 0 Å². The predicted octanol–water partition coefficient (Wildman–Crippen LogP) is 4.55. The summed E-state index contributed by atoms with van der Waals surface area (Å²) in [6.07, 6.45) is 0. The lowest BCUT2D eigenvalue weighted by atomic mass is 10.2. The Kier molecular flexibility index (Phi) is 5.49. The largest absolute Gasteiger partial charge is 0.344 e. The zero-order chi connectivity index (χ0) is 15.4. The van der Waals surface area contributed by atoms with Crippen LogP contribution in [0.4, 0.5) is 0 Å². The maximum Gasteiger partial charge on any atom is 0.0490 e. The van der Waals surface area contributed by atoms with Gasteiger partial charge in [0.2, 0.25) is 0 Å². The number of hydrogen-bond acceptors (Lipinski definition) is 1. The molecule has 1 heterocycles. The number of nitrogens with zero attached hydrogens (tertiary/aromatic N) is 1. The molecule has 21 heavy (non-hydrogen) atoms. The van der Waals surface area contributed by atoms with E-state index >= 15 is 0 Å². The summed E-state index contributed by atoms with van der Waals surface area (Å²) in [5.41, 5.74) is 5.15. The summed E-state index contributed by atoms with van der Waals surface area (Å²) < 4.78 is 2.34. The molecule has 0 spiro atoms. The van der Waals surface area contributed by atoms with Crippen molar-refractivity contribution in [3.8, 4) is 0 Å². The number of aryl methyl sites for hydroxylation is 1. The second kappa shape index (κ2) is 7.15. The van der Waals surface area contributed by atoms with Crippen molar-refractivity contribution >= 4 is 11.6 Å². The van der Waals surface area contributed by atoms with Crippen LogP contribution >= 0.6 is 11.6 Å². The molecule has 1 aromatic heterocycles. The Hall–Kier alpha value is -1.25. The van der Waals surface area contributed by atoms with E-state index in [0.717, 1.165) is 24.7 Å². The third-order valence-electron chi connectivity index (χ3n) is 3.83. The standard InChI is InChI=1S/C18H25ClN2/c1-13(2)10-20-11-17-9-14(3)21(15(17)4)12-16-7-5-6-8-18(16)19/h5-9,13,20H,10-12H2,1-4H3. The van der Waals surface area contributed by atoms with Crippen LogP contribution < -0.4 is 5.32 Å². The lowest BCUT2D eigenvalue weighted by Gasteiger charge is -2.12. The number of benzene rings is 1. The third kappa shape index (κ3) is 4.12. The minimum Gasteiger partial charge on any atom is -0.344 e. The Morgan fingerprint density at radius 1 is 1.14 bits per heavy atom. The Balaban J connectivity index is 2.14. The van der Waals surface area contributed by atoms with Gasteiger partial charge in [0.1, 0.15) is 0 Å². The number of aromatic nitrogens is 1. The SMILES string of the molecule is Cc1cc(CNCC(C)C)c(C)n1Cc1ccccc1Cl. The Morgan fingerprint density at radius 3 is 2.52 bits per heavy atom. The van der Waals surface area contributed by atoms with E-state index < -0.39 is 0 Å². The van der Waals surface area contributed by atoms with Crippen molar-refractivity contribution in [2.75, 3.05) is 6.54 Å². The molecule has 0 aliphatic rings. The van der Waals surface area contributed by atoms with Crippen molar-refractivity contribution in [3.05, 3.63) is 57.9 Å². The highest BCUT2D eigenvalue weighted by molar-refractivity contribution is 6.31. The molecule has 2 rings (SSSR count). The van der Waals surface area contributed by atoms with Crippen LogP contribution in [-0.2, 0) is 13.1 Å². The highest BCUT2D eigenvalue weighted by atomic mass is 35.5. The van der Waals surface area contributed by atoms with Gasteiger partial charge in [-0.15, -0.1) is 0 Å². The van der Waals surface area contributed by atoms with Crippen molar-refractivity contribution in [2.24, 2.45) is 5.92 Å².